The lowest BCUT2D eigenvalue weighted by atomic mass is 9.76. The Morgan fingerprint density at radius 1 is 0.895 bits per heavy atom. The fourth-order valence-corrected chi connectivity index (χ4v) is 2.11. The minimum atomic E-state index is -0.352. The average molecular weight is 268 g/mol. The van der Waals surface area contributed by atoms with Crippen LogP contribution in [-0.4, -0.2) is 11.6 Å². The maximum absolute atomic E-state index is 12.5. The molecule has 0 aliphatic heterocycles. The van der Waals surface area contributed by atoms with Crippen LogP contribution in [0, 0.1) is 16.7 Å². The normalized spacial score (nSPS) is 14.3. The van der Waals surface area contributed by atoms with Gasteiger partial charge in [-0.25, -0.2) is 0 Å². The summed E-state index contributed by atoms with van der Waals surface area (Å²) in [7, 11) is 0. The molecule has 0 spiro atoms. The Labute approximate surface area is 119 Å². The highest BCUT2D eigenvalue weighted by atomic mass is 16.1. The van der Waals surface area contributed by atoms with Gasteiger partial charge in [0.25, 0.3) is 0 Å². The molecule has 112 valence electrons. The first-order valence-corrected chi connectivity index (χ1v) is 7.57. The number of rotatable bonds is 7. The van der Waals surface area contributed by atoms with E-state index >= 15 is 0 Å². The molecule has 0 saturated carbocycles. The van der Waals surface area contributed by atoms with Gasteiger partial charge in [-0.3, -0.25) is 9.59 Å². The maximum atomic E-state index is 12.5. The fourth-order valence-electron chi connectivity index (χ4n) is 2.11. The van der Waals surface area contributed by atoms with Gasteiger partial charge in [0, 0.05) is 23.2 Å². The summed E-state index contributed by atoms with van der Waals surface area (Å²) >= 11 is 0. The SMILES string of the molecule is CCCCCC(CC(=O)C(C)(C)C)C(=O)C(C)(C)C. The standard InChI is InChI=1S/C17H32O2/c1-8-9-10-11-13(15(19)17(5,6)7)12-14(18)16(2,3)4/h13H,8-12H2,1-7H3. The third-order valence-corrected chi connectivity index (χ3v) is 3.53. The lowest BCUT2D eigenvalue weighted by Gasteiger charge is -2.26. The van der Waals surface area contributed by atoms with Crippen LogP contribution in [0.5, 0.6) is 0 Å². The molecule has 0 aromatic carbocycles. The third-order valence-electron chi connectivity index (χ3n) is 3.53. The van der Waals surface area contributed by atoms with Gasteiger partial charge in [-0.15, -0.1) is 0 Å². The van der Waals surface area contributed by atoms with E-state index in [0.29, 0.717) is 6.42 Å². The first-order valence-electron chi connectivity index (χ1n) is 7.57. The first-order chi connectivity index (χ1) is 8.50. The third kappa shape index (κ3) is 6.89. The van der Waals surface area contributed by atoms with E-state index in [2.05, 4.69) is 6.92 Å². The average Bonchev–Trinajstić information content (AvgIpc) is 2.24. The Kier molecular flexibility index (Phi) is 6.96. The van der Waals surface area contributed by atoms with Gasteiger partial charge in [0.05, 0.1) is 0 Å². The fraction of sp³-hybridized carbons (Fsp3) is 0.882. The van der Waals surface area contributed by atoms with Crippen LogP contribution in [0.1, 0.15) is 80.6 Å². The summed E-state index contributed by atoms with van der Waals surface area (Å²) in [4.78, 5) is 24.7. The van der Waals surface area contributed by atoms with E-state index in [9.17, 15) is 9.59 Å². The van der Waals surface area contributed by atoms with Crippen molar-refractivity contribution in [2.75, 3.05) is 0 Å². The van der Waals surface area contributed by atoms with Crippen LogP contribution >= 0.6 is 0 Å². The molecule has 2 nitrogen and oxygen atoms in total. The second kappa shape index (κ2) is 7.21. The molecule has 1 atom stereocenters. The summed E-state index contributed by atoms with van der Waals surface area (Å²) in [5, 5.41) is 0. The number of ketones is 2. The molecule has 0 rings (SSSR count). The molecule has 0 heterocycles. The molecule has 0 aromatic heterocycles. The molecular weight excluding hydrogens is 236 g/mol. The van der Waals surface area contributed by atoms with Gasteiger partial charge in [-0.1, -0.05) is 67.7 Å². The van der Waals surface area contributed by atoms with Crippen molar-refractivity contribution in [1.29, 1.82) is 0 Å². The van der Waals surface area contributed by atoms with E-state index in [0.717, 1.165) is 25.7 Å². The largest absolute Gasteiger partial charge is 0.299 e. The van der Waals surface area contributed by atoms with Crippen molar-refractivity contribution in [1.82, 2.24) is 0 Å². The van der Waals surface area contributed by atoms with Crippen LogP contribution in [0.3, 0.4) is 0 Å². The van der Waals surface area contributed by atoms with Crippen molar-refractivity contribution in [3.05, 3.63) is 0 Å². The van der Waals surface area contributed by atoms with Gasteiger partial charge in [0.1, 0.15) is 11.6 Å². The maximum Gasteiger partial charge on any atom is 0.141 e. The smallest absolute Gasteiger partial charge is 0.141 e. The number of unbranched alkanes of at least 4 members (excludes halogenated alkanes) is 2. The van der Waals surface area contributed by atoms with Crippen LogP contribution in [0.2, 0.25) is 0 Å². The van der Waals surface area contributed by atoms with Gasteiger partial charge in [0.2, 0.25) is 0 Å². The predicted molar refractivity (Wildman–Crippen MR) is 81.2 cm³/mol. The Balaban J connectivity index is 4.78. The van der Waals surface area contributed by atoms with Crippen LogP contribution in [-0.2, 0) is 9.59 Å². The van der Waals surface area contributed by atoms with Crippen molar-refractivity contribution < 1.29 is 9.59 Å². The van der Waals surface area contributed by atoms with E-state index < -0.39 is 0 Å². The summed E-state index contributed by atoms with van der Waals surface area (Å²) in [5.41, 5.74) is -0.698. The summed E-state index contributed by atoms with van der Waals surface area (Å²) in [5.74, 6) is 0.339. The zero-order valence-corrected chi connectivity index (χ0v) is 13.9. The number of Topliss-reactive ketones (excluding diaryl/α,β-unsaturated/α-hetero) is 2. The van der Waals surface area contributed by atoms with Crippen LogP contribution in [0.4, 0.5) is 0 Å². The molecule has 0 fully saturated rings. The van der Waals surface area contributed by atoms with Crippen LogP contribution in [0.25, 0.3) is 0 Å². The molecule has 1 unspecified atom stereocenters. The molecule has 0 amide bonds. The number of hydrogen-bond donors (Lipinski definition) is 0. The van der Waals surface area contributed by atoms with E-state index in [-0.39, 0.29) is 28.3 Å². The van der Waals surface area contributed by atoms with Crippen molar-refractivity contribution in [2.45, 2.75) is 80.6 Å². The van der Waals surface area contributed by atoms with Gasteiger partial charge < -0.3 is 0 Å². The van der Waals surface area contributed by atoms with Gasteiger partial charge >= 0.3 is 0 Å². The van der Waals surface area contributed by atoms with Gasteiger partial charge in [-0.2, -0.15) is 0 Å². The molecule has 0 aliphatic carbocycles. The Morgan fingerprint density at radius 3 is 1.79 bits per heavy atom. The number of carbonyl (C=O) groups excluding carboxylic acids is 2. The molecule has 0 saturated heterocycles. The molecule has 2 heteroatoms. The zero-order valence-electron chi connectivity index (χ0n) is 13.9. The van der Waals surface area contributed by atoms with E-state index in [1.165, 1.54) is 0 Å². The highest BCUT2D eigenvalue weighted by Gasteiger charge is 2.33. The second-order valence-electron chi connectivity index (χ2n) is 7.68. The molecule has 19 heavy (non-hydrogen) atoms. The van der Waals surface area contributed by atoms with Crippen molar-refractivity contribution in [3.8, 4) is 0 Å². The number of hydrogen-bond acceptors (Lipinski definition) is 2. The van der Waals surface area contributed by atoms with Crippen molar-refractivity contribution >= 4 is 11.6 Å². The quantitative estimate of drug-likeness (QED) is 0.621. The Bertz CT molecular complexity index is 302. The minimum Gasteiger partial charge on any atom is -0.299 e. The molecular formula is C17H32O2. The molecule has 0 radical (unpaired) electrons. The highest BCUT2D eigenvalue weighted by molar-refractivity contribution is 5.92. The summed E-state index contributed by atoms with van der Waals surface area (Å²) < 4.78 is 0. The van der Waals surface area contributed by atoms with E-state index in [4.69, 9.17) is 0 Å². The second-order valence-corrected chi connectivity index (χ2v) is 7.68. The van der Waals surface area contributed by atoms with Gasteiger partial charge in [0.15, 0.2) is 0 Å². The molecule has 0 aliphatic rings. The van der Waals surface area contributed by atoms with Crippen LogP contribution < -0.4 is 0 Å². The summed E-state index contributed by atoms with van der Waals surface area (Å²) in [6.07, 6.45) is 4.58. The van der Waals surface area contributed by atoms with Crippen LogP contribution in [0.15, 0.2) is 0 Å². The highest BCUT2D eigenvalue weighted by Crippen LogP contribution is 2.29. The molecule has 0 aromatic rings. The lowest BCUT2D eigenvalue weighted by Crippen LogP contribution is -2.32. The first kappa shape index (κ1) is 18.3. The zero-order chi connectivity index (χ0) is 15.3. The van der Waals surface area contributed by atoms with Crippen molar-refractivity contribution in [3.63, 3.8) is 0 Å². The van der Waals surface area contributed by atoms with Gasteiger partial charge in [-0.05, 0) is 6.42 Å². The van der Waals surface area contributed by atoms with Crippen molar-refractivity contribution in [2.24, 2.45) is 16.7 Å². The Hall–Kier alpha value is -0.660. The molecule has 0 N–H and O–H groups in total. The monoisotopic (exact) mass is 268 g/mol. The van der Waals surface area contributed by atoms with E-state index in [1.807, 2.05) is 41.5 Å². The minimum absolute atomic E-state index is 0.0988. The van der Waals surface area contributed by atoms with E-state index in [1.54, 1.807) is 0 Å². The predicted octanol–water partition coefficient (Wildman–Crippen LogP) is 4.80. The topological polar surface area (TPSA) is 34.1 Å². The summed E-state index contributed by atoms with van der Waals surface area (Å²) in [6.45, 7) is 13.8. The molecule has 0 bridgehead atoms. The Morgan fingerprint density at radius 2 is 1.42 bits per heavy atom. The summed E-state index contributed by atoms with van der Waals surface area (Å²) in [6, 6.07) is 0. The lowest BCUT2D eigenvalue weighted by molar-refractivity contribution is -0.136. The number of carbonyl (C=O) groups is 2.